The van der Waals surface area contributed by atoms with E-state index in [0.29, 0.717) is 5.69 Å². The number of benzene rings is 1. The summed E-state index contributed by atoms with van der Waals surface area (Å²) in [5.74, 6) is -0.839. The third-order valence-corrected chi connectivity index (χ3v) is 1.90. The number of nitriles is 2. The van der Waals surface area contributed by atoms with Crippen LogP contribution in [0.25, 0.3) is 0 Å². The first-order valence-electron chi connectivity index (χ1n) is 4.91. The Morgan fingerprint density at radius 1 is 1.39 bits per heavy atom. The molecule has 1 aromatic carbocycles. The molecule has 0 atom stereocenters. The normalized spacial score (nSPS) is 8.67. The summed E-state index contributed by atoms with van der Waals surface area (Å²) in [5, 5.41) is 22.0. The molecule has 0 spiro atoms. The smallest absolute Gasteiger partial charge is 0.221 e. The number of hydrogen-bond donors (Lipinski definition) is 2. The zero-order chi connectivity index (χ0) is 13.5. The number of rotatable bonds is 3. The van der Waals surface area contributed by atoms with Crippen molar-refractivity contribution in [2.75, 3.05) is 10.6 Å². The Balaban J connectivity index is 2.96. The highest BCUT2D eigenvalue weighted by Gasteiger charge is 2.03. The molecule has 6 heteroatoms. The Labute approximate surface area is 103 Å². The van der Waals surface area contributed by atoms with Gasteiger partial charge in [0.15, 0.2) is 0 Å². The predicted octanol–water partition coefficient (Wildman–Crippen LogP) is 2.13. The van der Waals surface area contributed by atoms with Crippen molar-refractivity contribution in [3.05, 3.63) is 35.8 Å². The molecule has 0 bridgehead atoms. The average molecular weight is 244 g/mol. The van der Waals surface area contributed by atoms with E-state index in [0.717, 1.165) is 6.20 Å². The van der Waals surface area contributed by atoms with Gasteiger partial charge in [0, 0.05) is 18.8 Å². The lowest BCUT2D eigenvalue weighted by molar-refractivity contribution is -0.114. The highest BCUT2D eigenvalue weighted by atomic mass is 19.1. The summed E-state index contributed by atoms with van der Waals surface area (Å²) in [6.07, 6.45) is 1.09. The summed E-state index contributed by atoms with van der Waals surface area (Å²) in [6, 6.07) is 7.20. The zero-order valence-electron chi connectivity index (χ0n) is 9.49. The van der Waals surface area contributed by atoms with Crippen molar-refractivity contribution < 1.29 is 9.18 Å². The van der Waals surface area contributed by atoms with Gasteiger partial charge in [-0.15, -0.1) is 0 Å². The Hall–Kier alpha value is -2.86. The van der Waals surface area contributed by atoms with Crippen LogP contribution in [0.15, 0.2) is 30.0 Å². The van der Waals surface area contributed by atoms with Gasteiger partial charge in [0.25, 0.3) is 0 Å². The SMILES string of the molecule is CC(=O)Nc1ccc(F)c(NC=C(C#N)C#N)c1. The summed E-state index contributed by atoms with van der Waals surface area (Å²) < 4.78 is 13.4. The van der Waals surface area contributed by atoms with E-state index < -0.39 is 5.82 Å². The number of nitrogens with one attached hydrogen (secondary N) is 2. The number of amides is 1. The molecule has 18 heavy (non-hydrogen) atoms. The van der Waals surface area contributed by atoms with E-state index in [4.69, 9.17) is 10.5 Å². The van der Waals surface area contributed by atoms with Gasteiger partial charge in [-0.3, -0.25) is 4.79 Å². The fourth-order valence-corrected chi connectivity index (χ4v) is 1.16. The van der Waals surface area contributed by atoms with Crippen molar-refractivity contribution >= 4 is 17.3 Å². The molecule has 0 saturated carbocycles. The van der Waals surface area contributed by atoms with Crippen LogP contribution >= 0.6 is 0 Å². The summed E-state index contributed by atoms with van der Waals surface area (Å²) >= 11 is 0. The van der Waals surface area contributed by atoms with Gasteiger partial charge in [-0.1, -0.05) is 0 Å². The molecule has 0 saturated heterocycles. The van der Waals surface area contributed by atoms with Gasteiger partial charge in [0.2, 0.25) is 5.91 Å². The number of allylic oxidation sites excluding steroid dienone is 1. The van der Waals surface area contributed by atoms with Crippen LogP contribution in [0.1, 0.15) is 6.92 Å². The van der Waals surface area contributed by atoms with Crippen molar-refractivity contribution in [3.63, 3.8) is 0 Å². The predicted molar refractivity (Wildman–Crippen MR) is 63.6 cm³/mol. The Morgan fingerprint density at radius 2 is 2.06 bits per heavy atom. The second-order valence-corrected chi connectivity index (χ2v) is 3.30. The standard InChI is InChI=1S/C12H9FN4O/c1-8(18)17-10-2-3-11(13)12(4-10)16-7-9(5-14)6-15/h2-4,7,16H,1H3,(H,17,18). The minimum Gasteiger partial charge on any atom is -0.357 e. The average Bonchev–Trinajstić information content (AvgIpc) is 2.33. The Morgan fingerprint density at radius 3 is 2.61 bits per heavy atom. The number of hydrogen-bond acceptors (Lipinski definition) is 4. The molecular formula is C12H9FN4O. The molecule has 1 rings (SSSR count). The van der Waals surface area contributed by atoms with Crippen molar-refractivity contribution in [1.29, 1.82) is 10.5 Å². The molecule has 0 fully saturated rings. The fraction of sp³-hybridized carbons (Fsp3) is 0.0833. The number of nitrogens with zero attached hydrogens (tertiary/aromatic N) is 2. The number of anilines is 2. The largest absolute Gasteiger partial charge is 0.357 e. The molecular weight excluding hydrogens is 235 g/mol. The van der Waals surface area contributed by atoms with Crippen LogP contribution in [0, 0.1) is 28.5 Å². The topological polar surface area (TPSA) is 88.7 Å². The maximum absolute atomic E-state index is 13.4. The van der Waals surface area contributed by atoms with Gasteiger partial charge < -0.3 is 10.6 Å². The van der Waals surface area contributed by atoms with E-state index in [1.54, 1.807) is 12.1 Å². The second-order valence-electron chi connectivity index (χ2n) is 3.30. The van der Waals surface area contributed by atoms with Crippen molar-refractivity contribution in [1.82, 2.24) is 0 Å². The third-order valence-electron chi connectivity index (χ3n) is 1.90. The maximum Gasteiger partial charge on any atom is 0.221 e. The number of carbonyl (C=O) groups is 1. The zero-order valence-corrected chi connectivity index (χ0v) is 9.49. The van der Waals surface area contributed by atoms with Gasteiger partial charge in [0.05, 0.1) is 5.69 Å². The van der Waals surface area contributed by atoms with E-state index in [1.165, 1.54) is 25.1 Å². The first kappa shape index (κ1) is 13.2. The van der Waals surface area contributed by atoms with Crippen LogP contribution in [-0.2, 0) is 4.79 Å². The van der Waals surface area contributed by atoms with Crippen LogP contribution in [-0.4, -0.2) is 5.91 Å². The molecule has 0 aliphatic rings. The molecule has 1 aromatic rings. The summed E-state index contributed by atoms with van der Waals surface area (Å²) in [6.45, 7) is 1.33. The lowest BCUT2D eigenvalue weighted by atomic mass is 10.2. The monoisotopic (exact) mass is 244 g/mol. The summed E-state index contributed by atoms with van der Waals surface area (Å²) in [7, 11) is 0. The highest BCUT2D eigenvalue weighted by Crippen LogP contribution is 2.19. The molecule has 1 amide bonds. The Bertz CT molecular complexity index is 565. The molecule has 0 aliphatic carbocycles. The van der Waals surface area contributed by atoms with Crippen LogP contribution < -0.4 is 10.6 Å². The van der Waals surface area contributed by atoms with E-state index in [1.807, 2.05) is 0 Å². The summed E-state index contributed by atoms with van der Waals surface area (Å²) in [4.78, 5) is 10.8. The van der Waals surface area contributed by atoms with Gasteiger partial charge in [-0.05, 0) is 18.2 Å². The Kier molecular flexibility index (Phi) is 4.42. The first-order chi connectivity index (χ1) is 8.56. The molecule has 0 radical (unpaired) electrons. The quantitative estimate of drug-likeness (QED) is 0.797. The van der Waals surface area contributed by atoms with E-state index in [2.05, 4.69) is 10.6 Å². The minimum absolute atomic E-state index is 0.0595. The van der Waals surface area contributed by atoms with Crippen LogP contribution in [0.5, 0.6) is 0 Å². The van der Waals surface area contributed by atoms with Crippen molar-refractivity contribution in [2.24, 2.45) is 0 Å². The number of carbonyl (C=O) groups excluding carboxylic acids is 1. The van der Waals surface area contributed by atoms with Crippen LogP contribution in [0.2, 0.25) is 0 Å². The minimum atomic E-state index is -0.560. The molecule has 0 heterocycles. The maximum atomic E-state index is 13.4. The van der Waals surface area contributed by atoms with E-state index >= 15 is 0 Å². The molecule has 5 nitrogen and oxygen atoms in total. The first-order valence-corrected chi connectivity index (χ1v) is 4.91. The molecule has 0 aromatic heterocycles. The van der Waals surface area contributed by atoms with Crippen molar-refractivity contribution in [2.45, 2.75) is 6.92 Å². The van der Waals surface area contributed by atoms with Gasteiger partial charge in [0.1, 0.15) is 23.5 Å². The van der Waals surface area contributed by atoms with Gasteiger partial charge >= 0.3 is 0 Å². The molecule has 0 aliphatic heterocycles. The van der Waals surface area contributed by atoms with Gasteiger partial charge in [-0.25, -0.2) is 4.39 Å². The van der Waals surface area contributed by atoms with Crippen LogP contribution in [0.3, 0.4) is 0 Å². The lowest BCUT2D eigenvalue weighted by Gasteiger charge is -2.06. The summed E-state index contributed by atoms with van der Waals surface area (Å²) in [5.41, 5.74) is 0.291. The van der Waals surface area contributed by atoms with Crippen molar-refractivity contribution in [3.8, 4) is 12.1 Å². The second kappa shape index (κ2) is 6.02. The molecule has 0 unspecified atom stereocenters. The third kappa shape index (κ3) is 3.62. The highest BCUT2D eigenvalue weighted by molar-refractivity contribution is 5.89. The molecule has 90 valence electrons. The van der Waals surface area contributed by atoms with Crippen LogP contribution in [0.4, 0.5) is 15.8 Å². The van der Waals surface area contributed by atoms with E-state index in [-0.39, 0.29) is 17.2 Å². The fourth-order valence-electron chi connectivity index (χ4n) is 1.16. The molecule has 2 N–H and O–H groups in total. The van der Waals surface area contributed by atoms with Gasteiger partial charge in [-0.2, -0.15) is 10.5 Å². The van der Waals surface area contributed by atoms with E-state index in [9.17, 15) is 9.18 Å². The lowest BCUT2D eigenvalue weighted by Crippen LogP contribution is -2.06. The number of halogens is 1.